The molecule has 1 amide bonds. The lowest BCUT2D eigenvalue weighted by atomic mass is 9.66. The number of esters is 1. The summed E-state index contributed by atoms with van der Waals surface area (Å²) in [4.78, 5) is 28.1. The molecular formula is C22H26N2O6. The molecule has 0 radical (unpaired) electrons. The maximum atomic E-state index is 13.4. The summed E-state index contributed by atoms with van der Waals surface area (Å²) in [6.45, 7) is 3.57. The Labute approximate surface area is 174 Å². The fraction of sp³-hybridized carbons (Fsp3) is 0.545. The predicted octanol–water partition coefficient (Wildman–Crippen LogP) is 1.78. The van der Waals surface area contributed by atoms with Crippen LogP contribution in [0.15, 0.2) is 24.0 Å². The predicted molar refractivity (Wildman–Crippen MR) is 107 cm³/mol. The van der Waals surface area contributed by atoms with Crippen molar-refractivity contribution in [1.82, 2.24) is 4.90 Å². The van der Waals surface area contributed by atoms with Crippen molar-refractivity contribution in [2.24, 2.45) is 11.8 Å². The number of anilines is 1. The first kappa shape index (κ1) is 19.2. The second-order valence-electron chi connectivity index (χ2n) is 8.64. The Balaban J connectivity index is 1.57. The smallest absolute Gasteiger partial charge is 0.337 e. The van der Waals surface area contributed by atoms with Crippen LogP contribution in [0.25, 0.3) is 0 Å². The first-order valence-corrected chi connectivity index (χ1v) is 10.3. The summed E-state index contributed by atoms with van der Waals surface area (Å²) in [5.74, 6) is -0.0283. The van der Waals surface area contributed by atoms with Crippen LogP contribution in [-0.4, -0.2) is 61.3 Å². The van der Waals surface area contributed by atoms with Gasteiger partial charge in [-0.1, -0.05) is 6.07 Å². The molecule has 5 unspecified atom stereocenters. The van der Waals surface area contributed by atoms with E-state index in [2.05, 4.69) is 10.2 Å². The van der Waals surface area contributed by atoms with E-state index in [1.54, 1.807) is 12.3 Å². The Morgan fingerprint density at radius 3 is 2.90 bits per heavy atom. The number of phenolic OH excluding ortho intramolecular Hbond substituents is 1. The average Bonchev–Trinajstić information content (AvgIpc) is 3.25. The largest absolute Gasteiger partial charge is 0.504 e. The van der Waals surface area contributed by atoms with Gasteiger partial charge in [0.25, 0.3) is 0 Å². The highest BCUT2D eigenvalue weighted by Gasteiger charge is 2.61. The minimum Gasteiger partial charge on any atom is -0.504 e. The number of carbonyl (C=O) groups is 2. The molecule has 8 heteroatoms. The van der Waals surface area contributed by atoms with Crippen LogP contribution in [0, 0.1) is 11.8 Å². The van der Waals surface area contributed by atoms with Crippen LogP contribution >= 0.6 is 0 Å². The molecule has 2 N–H and O–H groups in total. The first-order valence-electron chi connectivity index (χ1n) is 10.3. The number of benzene rings is 1. The number of hydrogen-bond acceptors (Lipinski definition) is 7. The van der Waals surface area contributed by atoms with Crippen LogP contribution in [0.5, 0.6) is 11.5 Å². The lowest BCUT2D eigenvalue weighted by Gasteiger charge is -2.48. The van der Waals surface area contributed by atoms with Crippen LogP contribution < -0.4 is 10.1 Å². The van der Waals surface area contributed by atoms with Gasteiger partial charge in [0, 0.05) is 24.4 Å². The minimum atomic E-state index is -0.732. The average molecular weight is 414 g/mol. The van der Waals surface area contributed by atoms with Crippen LogP contribution in [-0.2, 0) is 24.5 Å². The molecule has 1 aromatic rings. The number of fused-ring (bicyclic) bond motifs is 5. The third-order valence-corrected chi connectivity index (χ3v) is 7.54. The van der Waals surface area contributed by atoms with Gasteiger partial charge < -0.3 is 24.6 Å². The Bertz CT molecular complexity index is 959. The molecule has 1 spiro atoms. The van der Waals surface area contributed by atoms with Crippen molar-refractivity contribution in [3.05, 3.63) is 29.5 Å². The molecule has 8 nitrogen and oxygen atoms in total. The van der Waals surface area contributed by atoms with Gasteiger partial charge in [-0.15, -0.1) is 0 Å². The third kappa shape index (κ3) is 2.37. The molecule has 0 aliphatic carbocycles. The van der Waals surface area contributed by atoms with E-state index in [-0.39, 0.29) is 41.6 Å². The van der Waals surface area contributed by atoms with E-state index in [4.69, 9.17) is 14.2 Å². The van der Waals surface area contributed by atoms with Crippen LogP contribution in [0.4, 0.5) is 5.69 Å². The van der Waals surface area contributed by atoms with Crippen molar-refractivity contribution >= 4 is 17.6 Å². The van der Waals surface area contributed by atoms with Crippen LogP contribution in [0.2, 0.25) is 0 Å². The summed E-state index contributed by atoms with van der Waals surface area (Å²) >= 11 is 0. The quantitative estimate of drug-likeness (QED) is 0.712. The monoisotopic (exact) mass is 414 g/mol. The number of carbonyl (C=O) groups excluding carboxylic acids is 2. The van der Waals surface area contributed by atoms with Gasteiger partial charge in [-0.3, -0.25) is 9.69 Å². The molecule has 5 atom stereocenters. The fourth-order valence-electron chi connectivity index (χ4n) is 6.06. The van der Waals surface area contributed by atoms with E-state index in [0.29, 0.717) is 29.9 Å². The summed E-state index contributed by atoms with van der Waals surface area (Å²) in [7, 11) is 2.86. The standard InChI is InChI=1S/C22H26N2O6/c1-11-13-9-24-7-6-22(17(24)8-12(13)14(10-30-11)20(26)29-3)15-4-5-16(25)19(28-2)18(15)23-21(22)27/h4-5,10-13,17,25H,6-9H2,1-3H3,(H,23,27). The third-order valence-electron chi connectivity index (χ3n) is 7.54. The molecule has 4 aliphatic rings. The molecule has 4 aliphatic heterocycles. The van der Waals surface area contributed by atoms with Gasteiger partial charge in [-0.05, 0) is 37.9 Å². The molecule has 160 valence electrons. The number of hydrogen-bond donors (Lipinski definition) is 2. The molecular weight excluding hydrogens is 388 g/mol. The van der Waals surface area contributed by atoms with E-state index in [0.717, 1.165) is 18.7 Å². The van der Waals surface area contributed by atoms with Gasteiger partial charge >= 0.3 is 5.97 Å². The number of piperidine rings is 1. The number of aromatic hydroxyl groups is 1. The summed E-state index contributed by atoms with van der Waals surface area (Å²) in [6, 6.07) is 3.35. The first-order chi connectivity index (χ1) is 14.4. The number of nitrogens with one attached hydrogen (secondary N) is 1. The highest BCUT2D eigenvalue weighted by molar-refractivity contribution is 6.09. The molecule has 0 bridgehead atoms. The normalized spacial score (nSPS) is 34.4. The van der Waals surface area contributed by atoms with Gasteiger partial charge in [-0.25, -0.2) is 4.79 Å². The van der Waals surface area contributed by atoms with E-state index in [1.807, 2.05) is 13.0 Å². The Morgan fingerprint density at radius 1 is 1.37 bits per heavy atom. The number of amides is 1. The van der Waals surface area contributed by atoms with Crippen LogP contribution in [0.3, 0.4) is 0 Å². The summed E-state index contributed by atoms with van der Waals surface area (Å²) in [6.07, 6.45) is 2.87. The van der Waals surface area contributed by atoms with Crippen LogP contribution in [0.1, 0.15) is 25.3 Å². The van der Waals surface area contributed by atoms with Gasteiger partial charge in [-0.2, -0.15) is 0 Å². The van der Waals surface area contributed by atoms with E-state index < -0.39 is 5.41 Å². The van der Waals surface area contributed by atoms with Crippen molar-refractivity contribution in [2.75, 3.05) is 32.6 Å². The molecule has 2 fully saturated rings. The highest BCUT2D eigenvalue weighted by atomic mass is 16.5. The summed E-state index contributed by atoms with van der Waals surface area (Å²) in [5.41, 5.74) is 1.22. The zero-order valence-corrected chi connectivity index (χ0v) is 17.3. The Morgan fingerprint density at radius 2 is 2.17 bits per heavy atom. The number of nitrogens with zero attached hydrogens (tertiary/aromatic N) is 1. The Hall–Kier alpha value is -2.74. The van der Waals surface area contributed by atoms with Gasteiger partial charge in [0.05, 0.1) is 43.3 Å². The van der Waals surface area contributed by atoms with Crippen molar-refractivity contribution in [2.45, 2.75) is 37.3 Å². The summed E-state index contributed by atoms with van der Waals surface area (Å²) in [5, 5.41) is 13.1. The number of methoxy groups -OCH3 is 2. The maximum Gasteiger partial charge on any atom is 0.337 e. The summed E-state index contributed by atoms with van der Waals surface area (Å²) < 4.78 is 16.1. The van der Waals surface area contributed by atoms with Crippen molar-refractivity contribution < 1.29 is 28.9 Å². The minimum absolute atomic E-state index is 0.00123. The lowest BCUT2D eigenvalue weighted by molar-refractivity contribution is -0.139. The molecule has 30 heavy (non-hydrogen) atoms. The highest BCUT2D eigenvalue weighted by Crippen LogP contribution is 2.56. The van der Waals surface area contributed by atoms with Gasteiger partial charge in [0.2, 0.25) is 5.91 Å². The molecule has 2 saturated heterocycles. The zero-order valence-electron chi connectivity index (χ0n) is 17.3. The van der Waals surface area contributed by atoms with E-state index in [9.17, 15) is 14.7 Å². The lowest BCUT2D eigenvalue weighted by Crippen LogP contribution is -2.56. The van der Waals surface area contributed by atoms with Crippen molar-refractivity contribution in [3.8, 4) is 11.5 Å². The van der Waals surface area contributed by atoms with Gasteiger partial charge in [0.1, 0.15) is 0 Å². The molecule has 5 rings (SSSR count). The molecule has 4 heterocycles. The molecule has 0 saturated carbocycles. The van der Waals surface area contributed by atoms with Gasteiger partial charge in [0.15, 0.2) is 11.5 Å². The number of ether oxygens (including phenoxy) is 3. The maximum absolute atomic E-state index is 13.4. The van der Waals surface area contributed by atoms with Crippen molar-refractivity contribution in [1.29, 1.82) is 0 Å². The SMILES string of the molecule is COC(=O)C1=COC(C)C2CN3CCC4(C(=O)Nc5c4ccc(O)c5OC)C3CC12. The topological polar surface area (TPSA) is 97.3 Å². The van der Waals surface area contributed by atoms with E-state index in [1.165, 1.54) is 14.2 Å². The number of rotatable bonds is 2. The second kappa shape index (κ2) is 6.63. The fourth-order valence-corrected chi connectivity index (χ4v) is 6.06. The molecule has 1 aromatic carbocycles. The van der Waals surface area contributed by atoms with Crippen molar-refractivity contribution in [3.63, 3.8) is 0 Å². The molecule has 0 aromatic heterocycles. The second-order valence-corrected chi connectivity index (χ2v) is 8.64. The Kier molecular flexibility index (Phi) is 4.25. The van der Waals surface area contributed by atoms with E-state index >= 15 is 0 Å². The zero-order chi connectivity index (χ0) is 21.2. The number of phenols is 1.